The summed E-state index contributed by atoms with van der Waals surface area (Å²) in [6.07, 6.45) is 3.47. The van der Waals surface area contributed by atoms with E-state index in [-0.39, 0.29) is 24.2 Å². The number of likely N-dealkylation sites (tertiary alicyclic amines) is 1. The molecule has 1 atom stereocenters. The van der Waals surface area contributed by atoms with Crippen molar-refractivity contribution in [3.8, 4) is 5.75 Å². The maximum atomic E-state index is 12.3. The SMILES string of the molecule is COc1ccc(CN2C[C@@H](C(=O)Nc3cccnc3)CC2=O)cc1. The summed E-state index contributed by atoms with van der Waals surface area (Å²) in [5.41, 5.74) is 1.65. The Balaban J connectivity index is 1.59. The van der Waals surface area contributed by atoms with Gasteiger partial charge in [0.2, 0.25) is 11.8 Å². The number of rotatable bonds is 5. The highest BCUT2D eigenvalue weighted by atomic mass is 16.5. The van der Waals surface area contributed by atoms with Crippen LogP contribution in [0.25, 0.3) is 0 Å². The summed E-state index contributed by atoms with van der Waals surface area (Å²) in [4.78, 5) is 30.2. The minimum Gasteiger partial charge on any atom is -0.497 e. The van der Waals surface area contributed by atoms with E-state index in [9.17, 15) is 9.59 Å². The van der Waals surface area contributed by atoms with Crippen molar-refractivity contribution >= 4 is 17.5 Å². The van der Waals surface area contributed by atoms with Gasteiger partial charge in [0.1, 0.15) is 5.75 Å². The van der Waals surface area contributed by atoms with Crippen molar-refractivity contribution in [2.45, 2.75) is 13.0 Å². The summed E-state index contributed by atoms with van der Waals surface area (Å²) in [6, 6.07) is 11.1. The molecule has 1 N–H and O–H groups in total. The standard InChI is InChI=1S/C18H19N3O3/c1-24-16-6-4-13(5-7-16)11-21-12-14(9-17(21)22)18(23)20-15-3-2-8-19-10-15/h2-8,10,14H,9,11-12H2,1H3,(H,20,23)/t14-/m0/s1. The van der Waals surface area contributed by atoms with Crippen LogP contribution in [0.2, 0.25) is 0 Å². The Labute approximate surface area is 140 Å². The molecule has 24 heavy (non-hydrogen) atoms. The Morgan fingerprint density at radius 3 is 2.79 bits per heavy atom. The zero-order valence-electron chi connectivity index (χ0n) is 13.4. The number of hydrogen-bond acceptors (Lipinski definition) is 4. The molecule has 1 fully saturated rings. The van der Waals surface area contributed by atoms with Crippen molar-refractivity contribution in [1.29, 1.82) is 0 Å². The van der Waals surface area contributed by atoms with Gasteiger partial charge in [-0.25, -0.2) is 0 Å². The molecule has 1 aromatic carbocycles. The molecule has 0 aliphatic carbocycles. The molecule has 0 radical (unpaired) electrons. The molecular weight excluding hydrogens is 306 g/mol. The van der Waals surface area contributed by atoms with Gasteiger partial charge in [0.25, 0.3) is 0 Å². The van der Waals surface area contributed by atoms with Crippen LogP contribution in [0, 0.1) is 5.92 Å². The number of carbonyl (C=O) groups excluding carboxylic acids is 2. The lowest BCUT2D eigenvalue weighted by atomic mass is 10.1. The summed E-state index contributed by atoms with van der Waals surface area (Å²) >= 11 is 0. The van der Waals surface area contributed by atoms with Crippen molar-refractivity contribution in [3.05, 3.63) is 54.4 Å². The average molecular weight is 325 g/mol. The molecule has 3 rings (SSSR count). The van der Waals surface area contributed by atoms with Crippen LogP contribution >= 0.6 is 0 Å². The fourth-order valence-electron chi connectivity index (χ4n) is 2.73. The van der Waals surface area contributed by atoms with E-state index in [1.165, 1.54) is 0 Å². The van der Waals surface area contributed by atoms with E-state index in [0.29, 0.717) is 18.8 Å². The second kappa shape index (κ2) is 7.12. The fourth-order valence-corrected chi connectivity index (χ4v) is 2.73. The number of aromatic nitrogens is 1. The van der Waals surface area contributed by atoms with Crippen molar-refractivity contribution in [3.63, 3.8) is 0 Å². The molecule has 1 aliphatic rings. The molecule has 1 saturated heterocycles. The number of nitrogens with zero attached hydrogens (tertiary/aromatic N) is 2. The van der Waals surface area contributed by atoms with Gasteiger partial charge in [-0.3, -0.25) is 14.6 Å². The number of hydrogen-bond donors (Lipinski definition) is 1. The zero-order valence-corrected chi connectivity index (χ0v) is 13.4. The second-order valence-corrected chi connectivity index (χ2v) is 5.75. The van der Waals surface area contributed by atoms with E-state index in [4.69, 9.17) is 4.74 Å². The van der Waals surface area contributed by atoms with E-state index < -0.39 is 0 Å². The highest BCUT2D eigenvalue weighted by Crippen LogP contribution is 2.22. The van der Waals surface area contributed by atoms with Crippen LogP contribution in [0.3, 0.4) is 0 Å². The first kappa shape index (κ1) is 16.0. The second-order valence-electron chi connectivity index (χ2n) is 5.75. The number of methoxy groups -OCH3 is 1. The maximum absolute atomic E-state index is 12.3. The van der Waals surface area contributed by atoms with Gasteiger partial charge >= 0.3 is 0 Å². The molecular formula is C18H19N3O3. The predicted octanol–water partition coefficient (Wildman–Crippen LogP) is 2.08. The zero-order chi connectivity index (χ0) is 16.9. The molecule has 0 saturated carbocycles. The maximum Gasteiger partial charge on any atom is 0.229 e. The van der Waals surface area contributed by atoms with Gasteiger partial charge in [-0.1, -0.05) is 12.1 Å². The molecule has 1 aliphatic heterocycles. The molecule has 1 aromatic heterocycles. The minimum atomic E-state index is -0.337. The smallest absolute Gasteiger partial charge is 0.229 e. The van der Waals surface area contributed by atoms with Gasteiger partial charge in [-0.15, -0.1) is 0 Å². The summed E-state index contributed by atoms with van der Waals surface area (Å²) in [7, 11) is 1.62. The molecule has 2 heterocycles. The first-order chi connectivity index (χ1) is 11.7. The van der Waals surface area contributed by atoms with Gasteiger partial charge in [-0.2, -0.15) is 0 Å². The summed E-state index contributed by atoms with van der Waals surface area (Å²) in [5.74, 6) is 0.293. The van der Waals surface area contributed by atoms with Crippen molar-refractivity contribution in [2.75, 3.05) is 19.0 Å². The number of anilines is 1. The largest absolute Gasteiger partial charge is 0.497 e. The molecule has 124 valence electrons. The molecule has 0 bridgehead atoms. The Kier molecular flexibility index (Phi) is 4.74. The van der Waals surface area contributed by atoms with Crippen LogP contribution in [0.5, 0.6) is 5.75 Å². The van der Waals surface area contributed by atoms with E-state index >= 15 is 0 Å². The number of carbonyl (C=O) groups is 2. The van der Waals surface area contributed by atoms with Crippen molar-refractivity contribution in [1.82, 2.24) is 9.88 Å². The molecule has 0 spiro atoms. The lowest BCUT2D eigenvalue weighted by molar-refractivity contribution is -0.128. The van der Waals surface area contributed by atoms with E-state index in [2.05, 4.69) is 10.3 Å². The first-order valence-corrected chi connectivity index (χ1v) is 7.77. The fraction of sp³-hybridized carbons (Fsp3) is 0.278. The Hall–Kier alpha value is -2.89. The Morgan fingerprint density at radius 2 is 2.12 bits per heavy atom. The van der Waals surface area contributed by atoms with Crippen LogP contribution in [-0.2, 0) is 16.1 Å². The number of nitrogens with one attached hydrogen (secondary N) is 1. The van der Waals surface area contributed by atoms with Gasteiger partial charge in [0.05, 0.1) is 24.9 Å². The van der Waals surface area contributed by atoms with Crippen molar-refractivity contribution in [2.24, 2.45) is 5.92 Å². The highest BCUT2D eigenvalue weighted by Gasteiger charge is 2.34. The topological polar surface area (TPSA) is 71.5 Å². The molecule has 6 heteroatoms. The van der Waals surface area contributed by atoms with Gasteiger partial charge in [0.15, 0.2) is 0 Å². The molecule has 6 nitrogen and oxygen atoms in total. The summed E-state index contributed by atoms with van der Waals surface area (Å²) in [6.45, 7) is 0.927. The highest BCUT2D eigenvalue weighted by molar-refractivity contribution is 5.97. The third kappa shape index (κ3) is 3.71. The van der Waals surface area contributed by atoms with Crippen LogP contribution in [-0.4, -0.2) is 35.4 Å². The quantitative estimate of drug-likeness (QED) is 0.913. The van der Waals surface area contributed by atoms with Crippen molar-refractivity contribution < 1.29 is 14.3 Å². The first-order valence-electron chi connectivity index (χ1n) is 7.77. The van der Waals surface area contributed by atoms with Crippen LogP contribution in [0.1, 0.15) is 12.0 Å². The lowest BCUT2D eigenvalue weighted by Gasteiger charge is -2.17. The van der Waals surface area contributed by atoms with E-state index in [1.54, 1.807) is 36.5 Å². The number of pyridine rings is 1. The van der Waals surface area contributed by atoms with E-state index in [0.717, 1.165) is 11.3 Å². The van der Waals surface area contributed by atoms with Gasteiger partial charge in [-0.05, 0) is 29.8 Å². The number of benzene rings is 1. The summed E-state index contributed by atoms with van der Waals surface area (Å²) in [5, 5.41) is 2.81. The predicted molar refractivity (Wildman–Crippen MR) is 89.4 cm³/mol. The van der Waals surface area contributed by atoms with E-state index in [1.807, 2.05) is 24.3 Å². The lowest BCUT2D eigenvalue weighted by Crippen LogP contribution is -2.28. The van der Waals surface area contributed by atoms with Crippen LogP contribution < -0.4 is 10.1 Å². The molecule has 2 amide bonds. The number of ether oxygens (including phenoxy) is 1. The normalized spacial score (nSPS) is 17.0. The Bertz CT molecular complexity index is 716. The third-order valence-corrected chi connectivity index (χ3v) is 4.05. The van der Waals surface area contributed by atoms with Crippen LogP contribution in [0.4, 0.5) is 5.69 Å². The minimum absolute atomic E-state index is 0.00263. The molecule has 0 unspecified atom stereocenters. The monoisotopic (exact) mass is 325 g/mol. The molecule has 2 aromatic rings. The van der Waals surface area contributed by atoms with Gasteiger partial charge in [0, 0.05) is 25.7 Å². The summed E-state index contributed by atoms with van der Waals surface area (Å²) < 4.78 is 5.13. The number of amides is 2. The average Bonchev–Trinajstić information content (AvgIpc) is 2.97. The Morgan fingerprint density at radius 1 is 1.33 bits per heavy atom. The van der Waals surface area contributed by atoms with Crippen LogP contribution in [0.15, 0.2) is 48.8 Å². The third-order valence-electron chi connectivity index (χ3n) is 4.05. The van der Waals surface area contributed by atoms with Gasteiger partial charge < -0.3 is 15.0 Å².